The second-order valence-electron chi connectivity index (χ2n) is 7.60. The van der Waals surface area contributed by atoms with E-state index >= 15 is 0 Å². The molecule has 1 aliphatic carbocycles. The molecule has 27 heavy (non-hydrogen) atoms. The Hall–Kier alpha value is -2.25. The van der Waals surface area contributed by atoms with Crippen LogP contribution in [0.2, 0.25) is 0 Å². The fourth-order valence-electron chi connectivity index (χ4n) is 3.76. The topological polar surface area (TPSA) is 102 Å². The van der Waals surface area contributed by atoms with Gasteiger partial charge in [0.05, 0.1) is 5.92 Å². The predicted molar refractivity (Wildman–Crippen MR) is 94.5 cm³/mol. The molecule has 1 saturated carbocycles. The SMILES string of the molecule is C=C1C(=O)O[C@H]2C[C@@]3(C)O[C@H]3C(=O)CC(=C)[C@@H](OC(=O)/C(C)=C\C)[C@@H](O)[C@@H]12. The minimum atomic E-state index is -1.32. The molecule has 2 aliphatic heterocycles. The first-order chi connectivity index (χ1) is 12.6. The fourth-order valence-corrected chi connectivity index (χ4v) is 3.76. The highest BCUT2D eigenvalue weighted by molar-refractivity contribution is 5.92. The van der Waals surface area contributed by atoms with Crippen molar-refractivity contribution < 1.29 is 33.7 Å². The molecule has 3 fully saturated rings. The van der Waals surface area contributed by atoms with E-state index in [0.717, 1.165) is 0 Å². The summed E-state index contributed by atoms with van der Waals surface area (Å²) >= 11 is 0. The van der Waals surface area contributed by atoms with Gasteiger partial charge in [-0.15, -0.1) is 0 Å². The normalized spacial score (nSPS) is 39.4. The molecule has 0 amide bonds. The van der Waals surface area contributed by atoms with Crippen LogP contribution in [0.15, 0.2) is 36.0 Å². The van der Waals surface area contributed by atoms with Crippen molar-refractivity contribution in [2.75, 3.05) is 0 Å². The van der Waals surface area contributed by atoms with Gasteiger partial charge in [0.15, 0.2) is 5.78 Å². The Labute approximate surface area is 157 Å². The molecule has 6 atom stereocenters. The van der Waals surface area contributed by atoms with Crippen LogP contribution in [0.25, 0.3) is 0 Å². The number of aliphatic hydroxyl groups is 1. The lowest BCUT2D eigenvalue weighted by atomic mass is 9.79. The summed E-state index contributed by atoms with van der Waals surface area (Å²) in [6, 6.07) is 0. The van der Waals surface area contributed by atoms with Gasteiger partial charge in [-0.3, -0.25) is 4.79 Å². The van der Waals surface area contributed by atoms with Crippen molar-refractivity contribution in [1.29, 1.82) is 0 Å². The Morgan fingerprint density at radius 3 is 2.67 bits per heavy atom. The third-order valence-corrected chi connectivity index (χ3v) is 5.58. The highest BCUT2D eigenvalue weighted by atomic mass is 16.6. The van der Waals surface area contributed by atoms with E-state index in [9.17, 15) is 19.5 Å². The van der Waals surface area contributed by atoms with Crippen molar-refractivity contribution >= 4 is 17.7 Å². The first kappa shape index (κ1) is 19.5. The van der Waals surface area contributed by atoms with E-state index < -0.39 is 47.9 Å². The zero-order valence-corrected chi connectivity index (χ0v) is 15.7. The minimum absolute atomic E-state index is 0.0944. The third kappa shape index (κ3) is 3.37. The van der Waals surface area contributed by atoms with E-state index in [0.29, 0.717) is 5.57 Å². The number of hydrogen-bond donors (Lipinski definition) is 1. The van der Waals surface area contributed by atoms with E-state index in [4.69, 9.17) is 14.2 Å². The lowest BCUT2D eigenvalue weighted by Gasteiger charge is -2.32. The maximum absolute atomic E-state index is 12.5. The fraction of sp³-hybridized carbons (Fsp3) is 0.550. The van der Waals surface area contributed by atoms with Gasteiger partial charge in [-0.1, -0.05) is 19.2 Å². The molecule has 0 aromatic rings. The molecule has 0 spiro atoms. The molecule has 0 unspecified atom stereocenters. The van der Waals surface area contributed by atoms with Crippen LogP contribution >= 0.6 is 0 Å². The number of epoxide rings is 1. The molecule has 0 radical (unpaired) electrons. The first-order valence-electron chi connectivity index (χ1n) is 8.89. The number of carbonyl (C=O) groups is 3. The summed E-state index contributed by atoms with van der Waals surface area (Å²) in [6.07, 6.45) is -2.11. The number of ether oxygens (including phenoxy) is 3. The van der Waals surface area contributed by atoms with E-state index in [1.807, 2.05) is 0 Å². The molecule has 3 rings (SSSR count). The zero-order valence-electron chi connectivity index (χ0n) is 15.7. The maximum Gasteiger partial charge on any atom is 0.334 e. The van der Waals surface area contributed by atoms with Gasteiger partial charge in [0.2, 0.25) is 0 Å². The number of hydrogen-bond acceptors (Lipinski definition) is 7. The number of fused-ring (bicyclic) bond motifs is 2. The number of aliphatic hydroxyl groups excluding tert-OH is 1. The number of esters is 2. The van der Waals surface area contributed by atoms with E-state index in [2.05, 4.69) is 13.2 Å². The summed E-state index contributed by atoms with van der Waals surface area (Å²) in [6.45, 7) is 12.6. The zero-order chi connectivity index (χ0) is 20.1. The molecule has 0 bridgehead atoms. The third-order valence-electron chi connectivity index (χ3n) is 5.58. The van der Waals surface area contributed by atoms with Crippen LogP contribution in [0.3, 0.4) is 0 Å². The summed E-state index contributed by atoms with van der Waals surface area (Å²) in [5.41, 5.74) is -0.0477. The monoisotopic (exact) mass is 376 g/mol. The molecular weight excluding hydrogens is 352 g/mol. The van der Waals surface area contributed by atoms with Gasteiger partial charge >= 0.3 is 11.9 Å². The smallest absolute Gasteiger partial charge is 0.334 e. The predicted octanol–water partition coefficient (Wildman–Crippen LogP) is 1.40. The van der Waals surface area contributed by atoms with Gasteiger partial charge in [-0.2, -0.15) is 0 Å². The summed E-state index contributed by atoms with van der Waals surface area (Å²) in [5, 5.41) is 11.0. The Morgan fingerprint density at radius 2 is 2.04 bits per heavy atom. The number of ketones is 1. The Balaban J connectivity index is 1.96. The molecular formula is C20H24O7. The van der Waals surface area contributed by atoms with Gasteiger partial charge < -0.3 is 19.3 Å². The molecule has 3 aliphatic rings. The molecule has 1 N–H and O–H groups in total. The lowest BCUT2D eigenvalue weighted by Crippen LogP contribution is -2.44. The van der Waals surface area contributed by atoms with Crippen LogP contribution in [0, 0.1) is 5.92 Å². The molecule has 0 aromatic carbocycles. The van der Waals surface area contributed by atoms with Crippen molar-refractivity contribution in [3.63, 3.8) is 0 Å². The Kier molecular flexibility index (Phi) is 4.86. The van der Waals surface area contributed by atoms with Gasteiger partial charge in [-0.25, -0.2) is 9.59 Å². The second-order valence-corrected chi connectivity index (χ2v) is 7.60. The summed E-state index contributed by atoms with van der Waals surface area (Å²) in [5.74, 6) is -2.24. The van der Waals surface area contributed by atoms with Crippen molar-refractivity contribution in [3.05, 3.63) is 36.0 Å². The summed E-state index contributed by atoms with van der Waals surface area (Å²) in [7, 11) is 0. The van der Waals surface area contributed by atoms with Gasteiger partial charge in [0.1, 0.15) is 30.0 Å². The highest BCUT2D eigenvalue weighted by Crippen LogP contribution is 2.47. The second kappa shape index (κ2) is 6.73. The van der Waals surface area contributed by atoms with Crippen molar-refractivity contribution in [3.8, 4) is 0 Å². The average Bonchev–Trinajstić information content (AvgIpc) is 3.20. The van der Waals surface area contributed by atoms with E-state index in [1.54, 1.807) is 26.8 Å². The Morgan fingerprint density at radius 1 is 1.37 bits per heavy atom. The van der Waals surface area contributed by atoms with Crippen LogP contribution in [-0.4, -0.2) is 52.8 Å². The Bertz CT molecular complexity index is 764. The molecule has 2 heterocycles. The van der Waals surface area contributed by atoms with Crippen LogP contribution in [0.4, 0.5) is 0 Å². The number of carbonyl (C=O) groups excluding carboxylic acids is 3. The summed E-state index contributed by atoms with van der Waals surface area (Å²) < 4.78 is 16.4. The van der Waals surface area contributed by atoms with Gasteiger partial charge in [0.25, 0.3) is 0 Å². The van der Waals surface area contributed by atoms with Crippen molar-refractivity contribution in [2.45, 2.75) is 63.6 Å². The van der Waals surface area contributed by atoms with Crippen molar-refractivity contribution in [2.24, 2.45) is 5.92 Å². The molecule has 2 saturated heterocycles. The quantitative estimate of drug-likeness (QED) is 0.336. The van der Waals surface area contributed by atoms with E-state index in [1.165, 1.54) is 0 Å². The standard InChI is InChI=1S/C20H24O7/c1-6-9(2)18(23)26-16-10(3)7-12(21)17-20(5,27-17)8-13-14(15(16)22)11(4)19(24)25-13/h6,13-17,22H,3-4,7-8H2,1-2,5H3/b9-6-/t13-,14-,15-,16+,17-,20+/m0/s1. The molecule has 7 heteroatoms. The van der Waals surface area contributed by atoms with E-state index in [-0.39, 0.29) is 29.8 Å². The number of Topliss-reactive ketones (excluding diaryl/α,β-unsaturated/α-hetero) is 1. The average molecular weight is 376 g/mol. The van der Waals surface area contributed by atoms with Crippen LogP contribution in [0.5, 0.6) is 0 Å². The van der Waals surface area contributed by atoms with Crippen LogP contribution < -0.4 is 0 Å². The maximum atomic E-state index is 12.5. The lowest BCUT2D eigenvalue weighted by molar-refractivity contribution is -0.151. The van der Waals surface area contributed by atoms with Gasteiger partial charge in [0, 0.05) is 24.0 Å². The molecule has 0 aromatic heterocycles. The van der Waals surface area contributed by atoms with Gasteiger partial charge in [-0.05, 0) is 26.3 Å². The number of allylic oxidation sites excluding steroid dienone is 1. The van der Waals surface area contributed by atoms with Crippen LogP contribution in [0.1, 0.15) is 33.6 Å². The molecule has 7 nitrogen and oxygen atoms in total. The number of rotatable bonds is 2. The minimum Gasteiger partial charge on any atom is -0.458 e. The highest BCUT2D eigenvalue weighted by Gasteiger charge is 2.61. The summed E-state index contributed by atoms with van der Waals surface area (Å²) in [4.78, 5) is 36.8. The largest absolute Gasteiger partial charge is 0.458 e. The van der Waals surface area contributed by atoms with Crippen LogP contribution in [-0.2, 0) is 28.6 Å². The first-order valence-corrected chi connectivity index (χ1v) is 8.89. The van der Waals surface area contributed by atoms with Crippen molar-refractivity contribution in [1.82, 2.24) is 0 Å². The molecule has 146 valence electrons.